The summed E-state index contributed by atoms with van der Waals surface area (Å²) < 4.78 is 10.5. The SMILES string of the molecule is CC1=NCCC(OC2OC(CO)C(O)C2O)(C(=O)O)N1. The van der Waals surface area contributed by atoms with Gasteiger partial charge in [0.2, 0.25) is 5.72 Å². The van der Waals surface area contributed by atoms with Gasteiger partial charge in [-0.25, -0.2) is 4.79 Å². The number of carbonyl (C=O) groups is 1. The number of nitrogens with one attached hydrogen (secondary N) is 1. The first-order valence-electron chi connectivity index (χ1n) is 6.22. The summed E-state index contributed by atoms with van der Waals surface area (Å²) in [4.78, 5) is 15.5. The number of ether oxygens (including phenoxy) is 2. The first-order valence-corrected chi connectivity index (χ1v) is 6.22. The zero-order valence-electron chi connectivity index (χ0n) is 10.9. The van der Waals surface area contributed by atoms with Crippen LogP contribution in [0.4, 0.5) is 0 Å². The Labute approximate surface area is 114 Å². The Morgan fingerprint density at radius 1 is 1.55 bits per heavy atom. The number of aliphatic hydroxyl groups is 3. The Kier molecular flexibility index (Phi) is 4.25. The summed E-state index contributed by atoms with van der Waals surface area (Å²) in [6.07, 6.45) is -5.10. The number of aliphatic hydroxyl groups excluding tert-OH is 3. The van der Waals surface area contributed by atoms with Gasteiger partial charge in [0, 0.05) is 13.0 Å². The Morgan fingerprint density at radius 3 is 2.75 bits per heavy atom. The molecule has 9 nitrogen and oxygen atoms in total. The molecule has 0 aromatic heterocycles. The van der Waals surface area contributed by atoms with Crippen LogP contribution in [0.3, 0.4) is 0 Å². The quantitative estimate of drug-likeness (QED) is 0.387. The number of aliphatic carboxylic acids is 1. The van der Waals surface area contributed by atoms with E-state index >= 15 is 0 Å². The summed E-state index contributed by atoms with van der Waals surface area (Å²) in [5.41, 5.74) is -1.78. The molecule has 5 atom stereocenters. The maximum Gasteiger partial charge on any atom is 0.357 e. The predicted octanol–water partition coefficient (Wildman–Crippen LogP) is -2.37. The normalized spacial score (nSPS) is 41.1. The average Bonchev–Trinajstić information content (AvgIpc) is 2.66. The third kappa shape index (κ3) is 2.63. The van der Waals surface area contributed by atoms with Crippen LogP contribution in [-0.2, 0) is 14.3 Å². The summed E-state index contributed by atoms with van der Waals surface area (Å²) in [7, 11) is 0. The Balaban J connectivity index is 2.14. The molecule has 0 aromatic rings. The maximum absolute atomic E-state index is 11.5. The van der Waals surface area contributed by atoms with Gasteiger partial charge in [0.25, 0.3) is 0 Å². The number of carboxylic acids is 1. The number of carboxylic acid groups (broad SMARTS) is 1. The summed E-state index contributed by atoms with van der Waals surface area (Å²) in [6.45, 7) is 1.34. The van der Waals surface area contributed by atoms with Crippen molar-refractivity contribution in [3.8, 4) is 0 Å². The van der Waals surface area contributed by atoms with Crippen LogP contribution in [0.15, 0.2) is 4.99 Å². The minimum absolute atomic E-state index is 0.0478. The van der Waals surface area contributed by atoms with Crippen molar-refractivity contribution in [3.05, 3.63) is 0 Å². The van der Waals surface area contributed by atoms with E-state index in [0.29, 0.717) is 5.84 Å². The van der Waals surface area contributed by atoms with E-state index < -0.39 is 42.9 Å². The van der Waals surface area contributed by atoms with Gasteiger partial charge in [0.1, 0.15) is 18.3 Å². The van der Waals surface area contributed by atoms with E-state index in [0.717, 1.165) is 0 Å². The van der Waals surface area contributed by atoms with Crippen LogP contribution in [0.2, 0.25) is 0 Å². The standard InChI is InChI=1S/C11H18N2O7/c1-5-12-3-2-11(13-5,10(17)18)20-9-8(16)7(15)6(4-14)19-9/h6-9,14-16H,2-4H2,1H3,(H,12,13)(H,17,18). The van der Waals surface area contributed by atoms with Gasteiger partial charge in [-0.1, -0.05) is 0 Å². The number of hydrogen-bond acceptors (Lipinski definition) is 8. The molecule has 20 heavy (non-hydrogen) atoms. The molecule has 9 heteroatoms. The van der Waals surface area contributed by atoms with Crippen LogP contribution in [0.1, 0.15) is 13.3 Å². The minimum Gasteiger partial charge on any atom is -0.478 e. The zero-order valence-corrected chi connectivity index (χ0v) is 10.9. The van der Waals surface area contributed by atoms with E-state index in [9.17, 15) is 20.1 Å². The predicted molar refractivity (Wildman–Crippen MR) is 64.9 cm³/mol. The van der Waals surface area contributed by atoms with Crippen molar-refractivity contribution >= 4 is 11.8 Å². The highest BCUT2D eigenvalue weighted by Crippen LogP contribution is 2.28. The fourth-order valence-corrected chi connectivity index (χ4v) is 2.24. The second-order valence-corrected chi connectivity index (χ2v) is 4.80. The molecule has 5 unspecified atom stereocenters. The third-order valence-corrected chi connectivity index (χ3v) is 3.36. The first kappa shape index (κ1) is 15.1. The molecule has 2 rings (SSSR count). The van der Waals surface area contributed by atoms with E-state index in [-0.39, 0.29) is 13.0 Å². The molecule has 114 valence electrons. The van der Waals surface area contributed by atoms with Crippen molar-refractivity contribution in [1.29, 1.82) is 0 Å². The molecule has 0 amide bonds. The summed E-state index contributed by atoms with van der Waals surface area (Å²) in [5, 5.41) is 40.4. The van der Waals surface area contributed by atoms with Gasteiger partial charge in [0.05, 0.1) is 12.4 Å². The van der Waals surface area contributed by atoms with Crippen LogP contribution < -0.4 is 5.32 Å². The molecule has 1 fully saturated rings. The van der Waals surface area contributed by atoms with Crippen LogP contribution in [0, 0.1) is 0 Å². The lowest BCUT2D eigenvalue weighted by Gasteiger charge is -2.36. The topological polar surface area (TPSA) is 141 Å². The summed E-state index contributed by atoms with van der Waals surface area (Å²) in [5.74, 6) is -0.880. The fourth-order valence-electron chi connectivity index (χ4n) is 2.24. The molecule has 0 spiro atoms. The smallest absolute Gasteiger partial charge is 0.357 e. The molecule has 0 saturated carbocycles. The number of hydrogen-bond donors (Lipinski definition) is 5. The first-order chi connectivity index (χ1) is 9.39. The van der Waals surface area contributed by atoms with Crippen molar-refractivity contribution in [2.45, 2.75) is 43.7 Å². The van der Waals surface area contributed by atoms with Crippen molar-refractivity contribution in [2.75, 3.05) is 13.2 Å². The number of rotatable bonds is 4. The van der Waals surface area contributed by atoms with Crippen LogP contribution in [0.25, 0.3) is 0 Å². The molecule has 0 bridgehead atoms. The van der Waals surface area contributed by atoms with Gasteiger partial charge in [-0.2, -0.15) is 0 Å². The molecule has 2 aliphatic heterocycles. The van der Waals surface area contributed by atoms with Crippen molar-refractivity contribution < 1.29 is 34.7 Å². The van der Waals surface area contributed by atoms with Crippen LogP contribution >= 0.6 is 0 Å². The number of aliphatic imine (C=N–C) groups is 1. The van der Waals surface area contributed by atoms with Gasteiger partial charge in [-0.05, 0) is 6.92 Å². The largest absolute Gasteiger partial charge is 0.478 e. The van der Waals surface area contributed by atoms with Crippen molar-refractivity contribution in [2.24, 2.45) is 4.99 Å². The Morgan fingerprint density at radius 2 is 2.25 bits per heavy atom. The van der Waals surface area contributed by atoms with Crippen LogP contribution in [0.5, 0.6) is 0 Å². The van der Waals surface area contributed by atoms with E-state index in [1.807, 2.05) is 0 Å². The van der Waals surface area contributed by atoms with E-state index in [1.54, 1.807) is 6.92 Å². The van der Waals surface area contributed by atoms with E-state index in [4.69, 9.17) is 14.6 Å². The molecule has 0 aliphatic carbocycles. The monoisotopic (exact) mass is 290 g/mol. The number of nitrogens with zero attached hydrogens (tertiary/aromatic N) is 1. The molecule has 0 radical (unpaired) electrons. The molecular formula is C11H18N2O7. The maximum atomic E-state index is 11.5. The Bertz CT molecular complexity index is 416. The van der Waals surface area contributed by atoms with Crippen molar-refractivity contribution in [3.63, 3.8) is 0 Å². The average molecular weight is 290 g/mol. The minimum atomic E-state index is -1.78. The lowest BCUT2D eigenvalue weighted by atomic mass is 10.1. The molecule has 0 aromatic carbocycles. The molecule has 5 N–H and O–H groups in total. The molecule has 2 aliphatic rings. The number of amidine groups is 1. The lowest BCUT2D eigenvalue weighted by molar-refractivity contribution is -0.241. The summed E-state index contributed by atoms with van der Waals surface area (Å²) >= 11 is 0. The summed E-state index contributed by atoms with van der Waals surface area (Å²) in [6, 6.07) is 0. The second-order valence-electron chi connectivity index (χ2n) is 4.80. The van der Waals surface area contributed by atoms with E-state index in [1.165, 1.54) is 0 Å². The molecule has 2 heterocycles. The Hall–Kier alpha value is -1.26. The third-order valence-electron chi connectivity index (χ3n) is 3.36. The highest BCUT2D eigenvalue weighted by Gasteiger charge is 2.50. The lowest BCUT2D eigenvalue weighted by Crippen LogP contribution is -2.60. The second kappa shape index (κ2) is 5.62. The highest BCUT2D eigenvalue weighted by molar-refractivity contribution is 5.88. The molecular weight excluding hydrogens is 272 g/mol. The van der Waals surface area contributed by atoms with Gasteiger partial charge < -0.3 is 35.2 Å². The van der Waals surface area contributed by atoms with Crippen LogP contribution in [-0.4, -0.2) is 75.7 Å². The fraction of sp³-hybridized carbons (Fsp3) is 0.818. The molecule has 1 saturated heterocycles. The van der Waals surface area contributed by atoms with Crippen molar-refractivity contribution in [1.82, 2.24) is 5.32 Å². The van der Waals surface area contributed by atoms with Gasteiger partial charge in [0.15, 0.2) is 6.29 Å². The van der Waals surface area contributed by atoms with Gasteiger partial charge >= 0.3 is 5.97 Å². The van der Waals surface area contributed by atoms with Gasteiger partial charge in [-0.15, -0.1) is 0 Å². The van der Waals surface area contributed by atoms with Gasteiger partial charge in [-0.3, -0.25) is 4.99 Å². The van der Waals surface area contributed by atoms with E-state index in [2.05, 4.69) is 10.3 Å². The zero-order chi connectivity index (χ0) is 14.9. The highest BCUT2D eigenvalue weighted by atomic mass is 16.7.